The molecule has 0 aromatic heterocycles. The zero-order valence-electron chi connectivity index (χ0n) is 12.0. The van der Waals surface area contributed by atoms with E-state index in [4.69, 9.17) is 14.2 Å². The van der Waals surface area contributed by atoms with E-state index in [-0.39, 0.29) is 12.7 Å². The van der Waals surface area contributed by atoms with Crippen LogP contribution in [0.5, 0.6) is 0 Å². The summed E-state index contributed by atoms with van der Waals surface area (Å²) in [5.41, 5.74) is -0.573. The number of aliphatic hydroxyl groups excluding tert-OH is 1. The van der Waals surface area contributed by atoms with Crippen LogP contribution in [-0.4, -0.2) is 47.6 Å². The number of benzene rings is 1. The van der Waals surface area contributed by atoms with Gasteiger partial charge in [0.25, 0.3) is 0 Å². The summed E-state index contributed by atoms with van der Waals surface area (Å²) in [4.78, 5) is 23.2. The first kappa shape index (κ1) is 14.7. The average molecular weight is 304 g/mol. The van der Waals surface area contributed by atoms with Crippen LogP contribution in [0.25, 0.3) is 0 Å². The Labute approximate surface area is 127 Å². The molecule has 22 heavy (non-hydrogen) atoms. The summed E-state index contributed by atoms with van der Waals surface area (Å²) in [7, 11) is 0. The first-order valence-electron chi connectivity index (χ1n) is 6.96. The molecular formula is C16H16O6. The number of hydrogen-bond acceptors (Lipinski definition) is 6. The molecule has 1 aliphatic carbocycles. The number of carbonyl (C=O) groups is 2. The van der Waals surface area contributed by atoms with Crippen LogP contribution in [0.1, 0.15) is 17.3 Å². The average Bonchev–Trinajstić information content (AvgIpc) is 3.24. The van der Waals surface area contributed by atoms with Gasteiger partial charge in [-0.15, -0.1) is 0 Å². The minimum absolute atomic E-state index is 0.0925. The van der Waals surface area contributed by atoms with E-state index >= 15 is 0 Å². The van der Waals surface area contributed by atoms with E-state index in [0.717, 1.165) is 0 Å². The van der Waals surface area contributed by atoms with Crippen LogP contribution in [0.4, 0.5) is 0 Å². The van der Waals surface area contributed by atoms with Crippen molar-refractivity contribution in [3.05, 3.63) is 48.0 Å². The SMILES string of the molecule is CC(=O)O[C@H]1[C@H](O)C=C[C@H]2O[C@]21COC(=O)c1ccccc1. The van der Waals surface area contributed by atoms with Gasteiger partial charge in [0, 0.05) is 6.92 Å². The Morgan fingerprint density at radius 2 is 2.00 bits per heavy atom. The lowest BCUT2D eigenvalue weighted by molar-refractivity contribution is -0.157. The predicted octanol–water partition coefficient (Wildman–Crippen LogP) is 0.843. The standard InChI is InChI=1S/C16H16O6/c1-10(17)21-14-12(18)7-8-13-16(14,22-13)9-20-15(19)11-5-3-2-4-6-11/h2-8,12-14,18H,9H2,1H3/t12-,13-,14+,16-/m1/s1. The molecule has 1 aliphatic heterocycles. The summed E-state index contributed by atoms with van der Waals surface area (Å²) >= 11 is 0. The topological polar surface area (TPSA) is 85.4 Å². The Bertz CT molecular complexity index is 610. The summed E-state index contributed by atoms with van der Waals surface area (Å²) in [5.74, 6) is -1.02. The fraction of sp³-hybridized carbons (Fsp3) is 0.375. The van der Waals surface area contributed by atoms with Crippen LogP contribution in [0, 0.1) is 0 Å². The molecule has 2 aliphatic rings. The van der Waals surface area contributed by atoms with E-state index in [1.54, 1.807) is 36.4 Å². The number of hydrogen-bond donors (Lipinski definition) is 1. The maximum absolute atomic E-state index is 12.0. The maximum atomic E-state index is 12.0. The van der Waals surface area contributed by atoms with Gasteiger partial charge in [-0.25, -0.2) is 4.79 Å². The van der Waals surface area contributed by atoms with Crippen LogP contribution >= 0.6 is 0 Å². The van der Waals surface area contributed by atoms with E-state index in [1.165, 1.54) is 13.0 Å². The van der Waals surface area contributed by atoms with Gasteiger partial charge in [-0.2, -0.15) is 0 Å². The molecule has 0 unspecified atom stereocenters. The van der Waals surface area contributed by atoms with Crippen LogP contribution in [0.15, 0.2) is 42.5 Å². The molecule has 0 amide bonds. The highest BCUT2D eigenvalue weighted by Gasteiger charge is 2.66. The zero-order valence-corrected chi connectivity index (χ0v) is 12.0. The monoisotopic (exact) mass is 304 g/mol. The number of rotatable bonds is 4. The lowest BCUT2D eigenvalue weighted by Gasteiger charge is -2.28. The van der Waals surface area contributed by atoms with Gasteiger partial charge >= 0.3 is 11.9 Å². The number of ether oxygens (including phenoxy) is 3. The van der Waals surface area contributed by atoms with Gasteiger partial charge in [0.1, 0.15) is 18.8 Å². The normalized spacial score (nSPS) is 32.0. The van der Waals surface area contributed by atoms with Crippen molar-refractivity contribution in [3.8, 4) is 0 Å². The Kier molecular flexibility index (Phi) is 3.72. The number of esters is 2. The van der Waals surface area contributed by atoms with E-state index in [9.17, 15) is 14.7 Å². The number of carbonyl (C=O) groups excluding carboxylic acids is 2. The van der Waals surface area contributed by atoms with Gasteiger partial charge in [-0.1, -0.05) is 30.4 Å². The Hall–Kier alpha value is -2.18. The first-order chi connectivity index (χ1) is 10.5. The Balaban J connectivity index is 1.70. The van der Waals surface area contributed by atoms with Crippen molar-refractivity contribution in [2.75, 3.05) is 6.61 Å². The fourth-order valence-corrected chi connectivity index (χ4v) is 2.62. The van der Waals surface area contributed by atoms with E-state index < -0.39 is 29.7 Å². The number of fused-ring (bicyclic) bond motifs is 1. The third-order valence-corrected chi connectivity index (χ3v) is 3.78. The number of aliphatic hydroxyl groups is 1. The van der Waals surface area contributed by atoms with Crippen molar-refractivity contribution in [1.82, 2.24) is 0 Å². The van der Waals surface area contributed by atoms with Gasteiger partial charge < -0.3 is 19.3 Å². The highest BCUT2D eigenvalue weighted by atomic mass is 16.7. The molecule has 0 saturated carbocycles. The van der Waals surface area contributed by atoms with Crippen molar-refractivity contribution >= 4 is 11.9 Å². The molecule has 0 spiro atoms. The molecular weight excluding hydrogens is 288 g/mol. The van der Waals surface area contributed by atoms with Crippen LogP contribution in [0.2, 0.25) is 0 Å². The molecule has 0 radical (unpaired) electrons. The van der Waals surface area contributed by atoms with Crippen LogP contribution in [-0.2, 0) is 19.0 Å². The van der Waals surface area contributed by atoms with E-state index in [1.807, 2.05) is 0 Å². The zero-order chi connectivity index (χ0) is 15.7. The summed E-state index contributed by atoms with van der Waals surface area (Å²) < 4.78 is 15.9. The van der Waals surface area contributed by atoms with Crippen molar-refractivity contribution in [2.45, 2.75) is 30.8 Å². The molecule has 1 saturated heterocycles. The highest BCUT2D eigenvalue weighted by Crippen LogP contribution is 2.46. The third kappa shape index (κ3) is 2.63. The van der Waals surface area contributed by atoms with Crippen LogP contribution < -0.4 is 0 Å². The molecule has 1 N–H and O–H groups in total. The predicted molar refractivity (Wildman–Crippen MR) is 75.0 cm³/mol. The summed E-state index contributed by atoms with van der Waals surface area (Å²) in [6.07, 6.45) is 0.995. The van der Waals surface area contributed by atoms with Gasteiger partial charge in [0.15, 0.2) is 11.7 Å². The van der Waals surface area contributed by atoms with Crippen molar-refractivity contribution in [3.63, 3.8) is 0 Å². The number of epoxide rings is 1. The third-order valence-electron chi connectivity index (χ3n) is 3.78. The lowest BCUT2D eigenvalue weighted by Crippen LogP contribution is -2.48. The molecule has 3 rings (SSSR count). The van der Waals surface area contributed by atoms with Gasteiger partial charge in [-0.3, -0.25) is 4.79 Å². The molecule has 1 heterocycles. The van der Waals surface area contributed by atoms with Crippen molar-refractivity contribution in [2.24, 2.45) is 0 Å². The molecule has 1 aromatic rings. The van der Waals surface area contributed by atoms with Crippen molar-refractivity contribution in [1.29, 1.82) is 0 Å². The summed E-state index contributed by atoms with van der Waals surface area (Å²) in [6.45, 7) is 1.16. The molecule has 6 heteroatoms. The van der Waals surface area contributed by atoms with Crippen LogP contribution in [0.3, 0.4) is 0 Å². The highest BCUT2D eigenvalue weighted by molar-refractivity contribution is 5.89. The van der Waals surface area contributed by atoms with Gasteiger partial charge in [-0.05, 0) is 12.1 Å². The molecule has 116 valence electrons. The molecule has 1 fully saturated rings. The van der Waals surface area contributed by atoms with E-state index in [0.29, 0.717) is 5.56 Å². The molecule has 6 nitrogen and oxygen atoms in total. The van der Waals surface area contributed by atoms with Gasteiger partial charge in [0.2, 0.25) is 0 Å². The Morgan fingerprint density at radius 3 is 2.68 bits per heavy atom. The molecule has 4 atom stereocenters. The van der Waals surface area contributed by atoms with Gasteiger partial charge in [0.05, 0.1) is 5.56 Å². The maximum Gasteiger partial charge on any atom is 0.338 e. The quantitative estimate of drug-likeness (QED) is 0.504. The summed E-state index contributed by atoms with van der Waals surface area (Å²) in [5, 5.41) is 9.98. The minimum atomic E-state index is -0.996. The largest absolute Gasteiger partial charge is 0.459 e. The first-order valence-corrected chi connectivity index (χ1v) is 6.96. The minimum Gasteiger partial charge on any atom is -0.459 e. The molecule has 1 aromatic carbocycles. The summed E-state index contributed by atoms with van der Waals surface area (Å²) in [6, 6.07) is 8.56. The fourth-order valence-electron chi connectivity index (χ4n) is 2.62. The Morgan fingerprint density at radius 1 is 1.27 bits per heavy atom. The second-order valence-corrected chi connectivity index (χ2v) is 5.34. The lowest BCUT2D eigenvalue weighted by atomic mass is 9.89. The van der Waals surface area contributed by atoms with E-state index in [2.05, 4.69) is 0 Å². The second-order valence-electron chi connectivity index (χ2n) is 5.34. The second kappa shape index (κ2) is 5.55. The molecule has 0 bridgehead atoms. The van der Waals surface area contributed by atoms with Crippen molar-refractivity contribution < 1.29 is 28.9 Å². The smallest absolute Gasteiger partial charge is 0.338 e.